The zero-order valence-electron chi connectivity index (χ0n) is 8.66. The molecule has 1 aromatic carbocycles. The highest BCUT2D eigenvalue weighted by molar-refractivity contribution is 9.10. The van der Waals surface area contributed by atoms with Gasteiger partial charge in [-0.1, -0.05) is 33.6 Å². The van der Waals surface area contributed by atoms with E-state index in [1.165, 1.54) is 18.3 Å². The van der Waals surface area contributed by atoms with Crippen molar-refractivity contribution in [1.82, 2.24) is 4.98 Å². The van der Waals surface area contributed by atoms with Gasteiger partial charge in [0.15, 0.2) is 0 Å². The summed E-state index contributed by atoms with van der Waals surface area (Å²) in [7, 11) is 0. The summed E-state index contributed by atoms with van der Waals surface area (Å²) in [6, 6.07) is 6.12. The third-order valence-corrected chi connectivity index (χ3v) is 3.03. The summed E-state index contributed by atoms with van der Waals surface area (Å²) >= 11 is 9.05. The monoisotopic (exact) mass is 315 g/mol. The van der Waals surface area contributed by atoms with Crippen LogP contribution in [-0.4, -0.2) is 4.98 Å². The lowest BCUT2D eigenvalue weighted by atomic mass is 10.2. The minimum atomic E-state index is -0.287. The van der Waals surface area contributed by atoms with Gasteiger partial charge < -0.3 is 4.74 Å². The molecule has 0 bridgehead atoms. The highest BCUT2D eigenvalue weighted by Crippen LogP contribution is 2.21. The van der Waals surface area contributed by atoms with E-state index in [9.17, 15) is 4.39 Å². The van der Waals surface area contributed by atoms with E-state index in [-0.39, 0.29) is 5.82 Å². The number of ether oxygens (including phenoxy) is 1. The minimum absolute atomic E-state index is 0.287. The van der Waals surface area contributed by atoms with Gasteiger partial charge in [-0.05, 0) is 12.1 Å². The van der Waals surface area contributed by atoms with Crippen LogP contribution in [0.25, 0.3) is 0 Å². The van der Waals surface area contributed by atoms with Crippen LogP contribution in [0.5, 0.6) is 5.75 Å². The zero-order chi connectivity index (χ0) is 12.3. The molecule has 1 aromatic heterocycles. The molecule has 2 rings (SSSR count). The van der Waals surface area contributed by atoms with E-state index < -0.39 is 0 Å². The van der Waals surface area contributed by atoms with Crippen LogP contribution in [0, 0.1) is 5.82 Å². The molecule has 0 N–H and O–H groups in total. The van der Waals surface area contributed by atoms with Crippen LogP contribution in [0.3, 0.4) is 0 Å². The molecule has 0 aliphatic heterocycles. The Labute approximate surface area is 112 Å². The van der Waals surface area contributed by atoms with Crippen LogP contribution >= 0.6 is 27.5 Å². The highest BCUT2D eigenvalue weighted by atomic mass is 79.9. The molecule has 0 spiro atoms. The van der Waals surface area contributed by atoms with Crippen molar-refractivity contribution in [3.8, 4) is 5.75 Å². The normalized spacial score (nSPS) is 10.3. The number of benzene rings is 1. The first-order chi connectivity index (χ1) is 8.15. The Morgan fingerprint density at radius 2 is 2.12 bits per heavy atom. The number of pyridine rings is 1. The Balaban J connectivity index is 2.07. The van der Waals surface area contributed by atoms with Gasteiger partial charge >= 0.3 is 0 Å². The highest BCUT2D eigenvalue weighted by Gasteiger charge is 2.03. The van der Waals surface area contributed by atoms with Crippen LogP contribution in [0.15, 0.2) is 41.1 Å². The van der Waals surface area contributed by atoms with E-state index in [4.69, 9.17) is 16.3 Å². The molecular weight excluding hydrogens is 308 g/mol. The Morgan fingerprint density at radius 1 is 1.29 bits per heavy atom. The Bertz CT molecular complexity index is 536. The molecule has 0 saturated carbocycles. The SMILES string of the molecule is Fc1ccc(COc2cncc(Cl)c2)c(Br)c1. The molecular formula is C12H8BrClFNO. The van der Waals surface area contributed by atoms with Gasteiger partial charge in [-0.15, -0.1) is 0 Å². The molecule has 2 aromatic rings. The van der Waals surface area contributed by atoms with E-state index >= 15 is 0 Å². The smallest absolute Gasteiger partial charge is 0.139 e. The molecule has 0 fully saturated rings. The molecule has 0 amide bonds. The first kappa shape index (κ1) is 12.3. The van der Waals surface area contributed by atoms with Crippen LogP contribution < -0.4 is 4.74 Å². The number of halogens is 3. The molecule has 0 unspecified atom stereocenters. The van der Waals surface area contributed by atoms with Crippen LogP contribution in [0.2, 0.25) is 5.02 Å². The fourth-order valence-electron chi connectivity index (χ4n) is 1.27. The van der Waals surface area contributed by atoms with Gasteiger partial charge in [0.1, 0.15) is 18.2 Å². The van der Waals surface area contributed by atoms with E-state index in [2.05, 4.69) is 20.9 Å². The van der Waals surface area contributed by atoms with Crippen LogP contribution in [-0.2, 0) is 6.61 Å². The van der Waals surface area contributed by atoms with Crippen molar-refractivity contribution in [3.05, 3.63) is 57.5 Å². The largest absolute Gasteiger partial charge is 0.487 e. The molecule has 0 radical (unpaired) electrons. The maximum absolute atomic E-state index is 12.9. The van der Waals surface area contributed by atoms with Gasteiger partial charge in [0.25, 0.3) is 0 Å². The molecule has 0 atom stereocenters. The van der Waals surface area contributed by atoms with Crippen molar-refractivity contribution in [1.29, 1.82) is 0 Å². The lowest BCUT2D eigenvalue weighted by Crippen LogP contribution is -1.97. The fraction of sp³-hybridized carbons (Fsp3) is 0.0833. The standard InChI is InChI=1S/C12H8BrClFNO/c13-12-4-10(15)2-1-8(12)7-17-11-3-9(14)5-16-6-11/h1-6H,7H2. The van der Waals surface area contributed by atoms with Crippen LogP contribution in [0.4, 0.5) is 4.39 Å². The fourth-order valence-corrected chi connectivity index (χ4v) is 1.90. The second-order valence-corrected chi connectivity index (χ2v) is 4.65. The van der Waals surface area contributed by atoms with Gasteiger partial charge in [0.05, 0.1) is 11.2 Å². The van der Waals surface area contributed by atoms with Gasteiger partial charge in [0, 0.05) is 22.3 Å². The summed E-state index contributed by atoms with van der Waals surface area (Å²) in [5, 5.41) is 0.515. The van der Waals surface area contributed by atoms with E-state index in [1.807, 2.05) is 0 Å². The number of aromatic nitrogens is 1. The van der Waals surface area contributed by atoms with Gasteiger partial charge in [-0.25, -0.2) is 4.39 Å². The number of hydrogen-bond acceptors (Lipinski definition) is 2. The van der Waals surface area contributed by atoms with E-state index in [0.717, 1.165) is 5.56 Å². The summed E-state index contributed by atoms with van der Waals surface area (Å²) in [6.45, 7) is 0.322. The minimum Gasteiger partial charge on any atom is -0.487 e. The maximum Gasteiger partial charge on any atom is 0.139 e. The molecule has 5 heteroatoms. The van der Waals surface area contributed by atoms with Crippen molar-refractivity contribution >= 4 is 27.5 Å². The first-order valence-electron chi connectivity index (χ1n) is 4.82. The molecule has 0 aliphatic rings. The predicted octanol–water partition coefficient (Wildman–Crippen LogP) is 4.22. The molecule has 0 aliphatic carbocycles. The average Bonchev–Trinajstić information content (AvgIpc) is 2.28. The van der Waals surface area contributed by atoms with E-state index in [0.29, 0.717) is 21.9 Å². The lowest BCUT2D eigenvalue weighted by Gasteiger charge is -2.07. The third-order valence-electron chi connectivity index (χ3n) is 2.09. The molecule has 0 saturated heterocycles. The average molecular weight is 317 g/mol. The Morgan fingerprint density at radius 3 is 2.82 bits per heavy atom. The van der Waals surface area contributed by atoms with E-state index in [1.54, 1.807) is 18.3 Å². The van der Waals surface area contributed by atoms with Crippen molar-refractivity contribution in [2.24, 2.45) is 0 Å². The van der Waals surface area contributed by atoms with Gasteiger partial charge in [0.2, 0.25) is 0 Å². The Hall–Kier alpha value is -1.13. The second kappa shape index (κ2) is 5.47. The van der Waals surface area contributed by atoms with Crippen molar-refractivity contribution in [2.45, 2.75) is 6.61 Å². The maximum atomic E-state index is 12.9. The quantitative estimate of drug-likeness (QED) is 0.846. The van der Waals surface area contributed by atoms with Crippen LogP contribution in [0.1, 0.15) is 5.56 Å². The second-order valence-electron chi connectivity index (χ2n) is 3.36. The zero-order valence-corrected chi connectivity index (χ0v) is 11.0. The molecule has 88 valence electrons. The number of rotatable bonds is 3. The molecule has 2 nitrogen and oxygen atoms in total. The van der Waals surface area contributed by atoms with Gasteiger partial charge in [-0.2, -0.15) is 0 Å². The summed E-state index contributed by atoms with van der Waals surface area (Å²) in [5.41, 5.74) is 0.853. The summed E-state index contributed by atoms with van der Waals surface area (Å²) in [4.78, 5) is 3.90. The van der Waals surface area contributed by atoms with Crippen molar-refractivity contribution in [2.75, 3.05) is 0 Å². The summed E-state index contributed by atoms with van der Waals surface area (Å²) < 4.78 is 19.0. The van der Waals surface area contributed by atoms with Gasteiger partial charge in [-0.3, -0.25) is 4.98 Å². The topological polar surface area (TPSA) is 22.1 Å². The predicted molar refractivity (Wildman–Crippen MR) is 67.7 cm³/mol. The van der Waals surface area contributed by atoms with Crippen molar-refractivity contribution in [3.63, 3.8) is 0 Å². The number of nitrogens with zero attached hydrogens (tertiary/aromatic N) is 1. The Kier molecular flexibility index (Phi) is 3.97. The summed E-state index contributed by atoms with van der Waals surface area (Å²) in [5.74, 6) is 0.291. The molecule has 1 heterocycles. The van der Waals surface area contributed by atoms with Crippen molar-refractivity contribution < 1.29 is 9.13 Å². The number of hydrogen-bond donors (Lipinski definition) is 0. The summed E-state index contributed by atoms with van der Waals surface area (Å²) in [6.07, 6.45) is 3.10. The lowest BCUT2D eigenvalue weighted by molar-refractivity contribution is 0.304. The first-order valence-corrected chi connectivity index (χ1v) is 5.99. The third kappa shape index (κ3) is 3.41. The molecule has 17 heavy (non-hydrogen) atoms.